The van der Waals surface area contributed by atoms with Gasteiger partial charge in [0.1, 0.15) is 0 Å². The van der Waals surface area contributed by atoms with Gasteiger partial charge in [-0.2, -0.15) is 0 Å². The summed E-state index contributed by atoms with van der Waals surface area (Å²) < 4.78 is 5.64. The quantitative estimate of drug-likeness (QED) is 0.805. The van der Waals surface area contributed by atoms with Crippen LogP contribution in [0.4, 0.5) is 5.69 Å². The van der Waals surface area contributed by atoms with Crippen molar-refractivity contribution in [1.29, 1.82) is 0 Å². The fourth-order valence-electron chi connectivity index (χ4n) is 3.24. The van der Waals surface area contributed by atoms with Crippen molar-refractivity contribution < 1.29 is 19.1 Å². The maximum Gasteiger partial charge on any atom is 0.339 e. The Labute approximate surface area is 164 Å². The minimum absolute atomic E-state index is 0.186. The highest BCUT2D eigenvalue weighted by atomic mass is 16.5. The van der Waals surface area contributed by atoms with Gasteiger partial charge in [-0.05, 0) is 43.5 Å². The van der Waals surface area contributed by atoms with Crippen LogP contribution in [0, 0.1) is 0 Å². The summed E-state index contributed by atoms with van der Waals surface area (Å²) in [5.41, 5.74) is 1.57. The molecule has 1 N–H and O–H groups in total. The molecule has 1 unspecified atom stereocenters. The van der Waals surface area contributed by atoms with Crippen LogP contribution in [0.3, 0.4) is 0 Å². The number of esters is 1. The van der Waals surface area contributed by atoms with E-state index in [0.29, 0.717) is 29.9 Å². The molecular weight excluding hydrogens is 356 g/mol. The molecule has 1 fully saturated rings. The van der Waals surface area contributed by atoms with E-state index < -0.39 is 12.1 Å². The lowest BCUT2D eigenvalue weighted by Crippen LogP contribution is -2.40. The number of carbonyl (C=O) groups excluding carboxylic acids is 3. The number of ether oxygens (including phenoxy) is 1. The van der Waals surface area contributed by atoms with Crippen LogP contribution in [-0.2, 0) is 14.3 Å². The van der Waals surface area contributed by atoms with Crippen LogP contribution in [0.25, 0.3) is 0 Å². The van der Waals surface area contributed by atoms with Gasteiger partial charge >= 0.3 is 5.97 Å². The molecule has 0 saturated carbocycles. The zero-order valence-electron chi connectivity index (χ0n) is 15.9. The molecule has 0 bridgehead atoms. The van der Waals surface area contributed by atoms with E-state index in [4.69, 9.17) is 4.74 Å². The molecule has 146 valence electrons. The molecule has 2 aromatic rings. The Morgan fingerprint density at radius 1 is 0.929 bits per heavy atom. The first kappa shape index (κ1) is 19.6. The maximum absolute atomic E-state index is 13.0. The Morgan fingerprint density at radius 3 is 2.18 bits per heavy atom. The summed E-state index contributed by atoms with van der Waals surface area (Å²) in [4.78, 5) is 38.6. The van der Waals surface area contributed by atoms with Crippen molar-refractivity contribution in [1.82, 2.24) is 4.90 Å². The summed E-state index contributed by atoms with van der Waals surface area (Å²) in [6.45, 7) is 2.79. The number of piperidine rings is 1. The van der Waals surface area contributed by atoms with Gasteiger partial charge in [0.2, 0.25) is 12.0 Å². The molecule has 2 aromatic carbocycles. The van der Waals surface area contributed by atoms with Gasteiger partial charge in [-0.1, -0.05) is 30.3 Å². The highest BCUT2D eigenvalue weighted by molar-refractivity contribution is 5.94. The predicted molar refractivity (Wildman–Crippen MR) is 106 cm³/mol. The average molecular weight is 380 g/mol. The Morgan fingerprint density at radius 2 is 1.57 bits per heavy atom. The van der Waals surface area contributed by atoms with Crippen molar-refractivity contribution in [3.8, 4) is 0 Å². The second-order valence-electron chi connectivity index (χ2n) is 6.84. The Kier molecular flexibility index (Phi) is 6.42. The zero-order chi connectivity index (χ0) is 19.9. The molecule has 1 heterocycles. The molecule has 0 aliphatic carbocycles. The van der Waals surface area contributed by atoms with Crippen LogP contribution in [0.5, 0.6) is 0 Å². The SMILES string of the molecule is CC(=O)Nc1ccc(C(=O)OC(C(=O)N2CCCCC2)c2ccccc2)cc1. The van der Waals surface area contributed by atoms with Crippen LogP contribution in [0.1, 0.15) is 48.2 Å². The molecule has 1 saturated heterocycles. The molecule has 0 radical (unpaired) electrons. The van der Waals surface area contributed by atoms with Gasteiger partial charge in [0, 0.05) is 31.3 Å². The number of carbonyl (C=O) groups is 3. The highest BCUT2D eigenvalue weighted by Crippen LogP contribution is 2.24. The highest BCUT2D eigenvalue weighted by Gasteiger charge is 2.30. The number of rotatable bonds is 5. The summed E-state index contributed by atoms with van der Waals surface area (Å²) >= 11 is 0. The van der Waals surface area contributed by atoms with E-state index >= 15 is 0 Å². The average Bonchev–Trinajstić information content (AvgIpc) is 2.73. The lowest BCUT2D eigenvalue weighted by Gasteiger charge is -2.30. The number of hydrogen-bond donors (Lipinski definition) is 1. The zero-order valence-corrected chi connectivity index (χ0v) is 15.9. The van der Waals surface area contributed by atoms with Gasteiger partial charge in [0.15, 0.2) is 0 Å². The monoisotopic (exact) mass is 380 g/mol. The fourth-order valence-corrected chi connectivity index (χ4v) is 3.24. The lowest BCUT2D eigenvalue weighted by atomic mass is 10.1. The van der Waals surface area contributed by atoms with Crippen molar-refractivity contribution in [3.63, 3.8) is 0 Å². The molecule has 1 aliphatic heterocycles. The van der Waals surface area contributed by atoms with E-state index in [1.54, 1.807) is 41.3 Å². The molecule has 28 heavy (non-hydrogen) atoms. The number of nitrogens with zero attached hydrogens (tertiary/aromatic N) is 1. The first-order valence-electron chi connectivity index (χ1n) is 9.47. The predicted octanol–water partition coefficient (Wildman–Crippen LogP) is 3.56. The summed E-state index contributed by atoms with van der Waals surface area (Å²) in [7, 11) is 0. The number of nitrogens with one attached hydrogen (secondary N) is 1. The van der Waals surface area contributed by atoms with Gasteiger partial charge in [-0.3, -0.25) is 9.59 Å². The number of likely N-dealkylation sites (tertiary alicyclic amines) is 1. The first-order chi connectivity index (χ1) is 13.5. The van der Waals surface area contributed by atoms with Crippen LogP contribution in [0.15, 0.2) is 54.6 Å². The summed E-state index contributed by atoms with van der Waals surface area (Å²) in [6.07, 6.45) is 2.07. The van der Waals surface area contributed by atoms with E-state index in [1.165, 1.54) is 6.92 Å². The third-order valence-corrected chi connectivity index (χ3v) is 4.66. The Hall–Kier alpha value is -3.15. The van der Waals surface area contributed by atoms with Gasteiger partial charge in [0.05, 0.1) is 5.56 Å². The Bertz CT molecular complexity index is 827. The van der Waals surface area contributed by atoms with E-state index in [2.05, 4.69) is 5.32 Å². The molecule has 1 aliphatic rings. The smallest absolute Gasteiger partial charge is 0.339 e. The third kappa shape index (κ3) is 4.97. The minimum Gasteiger partial charge on any atom is -0.444 e. The molecular formula is C22H24N2O4. The van der Waals surface area contributed by atoms with Gasteiger partial charge in [-0.25, -0.2) is 4.79 Å². The molecule has 0 spiro atoms. The van der Waals surface area contributed by atoms with Crippen molar-refractivity contribution in [2.24, 2.45) is 0 Å². The fraction of sp³-hybridized carbons (Fsp3) is 0.318. The van der Waals surface area contributed by atoms with Crippen LogP contribution >= 0.6 is 0 Å². The van der Waals surface area contributed by atoms with E-state index in [0.717, 1.165) is 19.3 Å². The first-order valence-corrected chi connectivity index (χ1v) is 9.47. The molecule has 2 amide bonds. The lowest BCUT2D eigenvalue weighted by molar-refractivity contribution is -0.142. The van der Waals surface area contributed by atoms with Crippen molar-refractivity contribution in [2.75, 3.05) is 18.4 Å². The number of anilines is 1. The molecule has 6 heteroatoms. The number of amides is 2. The largest absolute Gasteiger partial charge is 0.444 e. The van der Waals surface area contributed by atoms with Gasteiger partial charge in [0.25, 0.3) is 5.91 Å². The summed E-state index contributed by atoms with van der Waals surface area (Å²) in [5, 5.41) is 2.65. The normalized spacial score (nSPS) is 14.8. The molecule has 3 rings (SSSR count). The van der Waals surface area contributed by atoms with E-state index in [1.807, 2.05) is 18.2 Å². The van der Waals surface area contributed by atoms with Crippen molar-refractivity contribution in [2.45, 2.75) is 32.3 Å². The van der Waals surface area contributed by atoms with E-state index in [9.17, 15) is 14.4 Å². The number of hydrogen-bond acceptors (Lipinski definition) is 4. The summed E-state index contributed by atoms with van der Waals surface area (Å²) in [5.74, 6) is -0.950. The van der Waals surface area contributed by atoms with Crippen LogP contribution in [0.2, 0.25) is 0 Å². The topological polar surface area (TPSA) is 75.7 Å². The minimum atomic E-state index is -0.971. The molecule has 6 nitrogen and oxygen atoms in total. The van der Waals surface area contributed by atoms with Gasteiger partial charge in [-0.15, -0.1) is 0 Å². The molecule has 0 aromatic heterocycles. The summed E-state index contributed by atoms with van der Waals surface area (Å²) in [6, 6.07) is 15.5. The second kappa shape index (κ2) is 9.17. The number of benzene rings is 2. The van der Waals surface area contributed by atoms with Crippen LogP contribution < -0.4 is 5.32 Å². The maximum atomic E-state index is 13.0. The second-order valence-corrected chi connectivity index (χ2v) is 6.84. The molecule has 1 atom stereocenters. The van der Waals surface area contributed by atoms with Crippen molar-refractivity contribution in [3.05, 3.63) is 65.7 Å². The standard InChI is InChI=1S/C22H24N2O4/c1-16(25)23-19-12-10-18(11-13-19)22(27)28-20(17-8-4-2-5-9-17)21(26)24-14-6-3-7-15-24/h2,4-5,8-13,20H,3,6-7,14-15H2,1H3,(H,23,25). The van der Waals surface area contributed by atoms with Crippen molar-refractivity contribution >= 4 is 23.5 Å². The van der Waals surface area contributed by atoms with Crippen LogP contribution in [-0.4, -0.2) is 35.8 Å². The Balaban J connectivity index is 1.77. The van der Waals surface area contributed by atoms with E-state index in [-0.39, 0.29) is 11.8 Å². The van der Waals surface area contributed by atoms with Gasteiger partial charge < -0.3 is 15.0 Å². The third-order valence-electron chi connectivity index (χ3n) is 4.66.